The number of hydrogen-bond acceptors (Lipinski definition) is 5. The summed E-state index contributed by atoms with van der Waals surface area (Å²) >= 11 is 6.14. The molecule has 0 heterocycles. The molecule has 0 saturated carbocycles. The molecule has 138 valence electrons. The van der Waals surface area contributed by atoms with Gasteiger partial charge in [0.2, 0.25) is 0 Å². The Morgan fingerprint density at radius 2 is 1.92 bits per heavy atom. The molecule has 0 spiro atoms. The molecule has 0 aliphatic carbocycles. The van der Waals surface area contributed by atoms with Crippen LogP contribution in [0.2, 0.25) is 5.02 Å². The molecule has 1 N–H and O–H groups in total. The van der Waals surface area contributed by atoms with E-state index in [9.17, 15) is 4.79 Å². The van der Waals surface area contributed by atoms with Gasteiger partial charge in [-0.1, -0.05) is 18.5 Å². The van der Waals surface area contributed by atoms with E-state index in [0.29, 0.717) is 34.3 Å². The maximum atomic E-state index is 12.1. The molecule has 0 unspecified atom stereocenters. The third kappa shape index (κ3) is 5.13. The van der Waals surface area contributed by atoms with Gasteiger partial charge in [-0.05, 0) is 48.4 Å². The van der Waals surface area contributed by atoms with Crippen LogP contribution in [0.15, 0.2) is 41.5 Å². The number of carbonyl (C=O) groups is 1. The van der Waals surface area contributed by atoms with E-state index in [4.69, 9.17) is 25.8 Å². The van der Waals surface area contributed by atoms with Gasteiger partial charge in [0, 0.05) is 5.56 Å². The molecular weight excluding hydrogens is 356 g/mol. The minimum Gasteiger partial charge on any atom is -0.494 e. The van der Waals surface area contributed by atoms with Gasteiger partial charge in [-0.3, -0.25) is 4.79 Å². The number of nitrogens with zero attached hydrogens (tertiary/aromatic N) is 1. The Kier molecular flexibility index (Phi) is 7.29. The van der Waals surface area contributed by atoms with Crippen LogP contribution in [-0.2, 0) is 0 Å². The lowest BCUT2D eigenvalue weighted by molar-refractivity contribution is 0.0955. The summed E-state index contributed by atoms with van der Waals surface area (Å²) < 4.78 is 15.9. The van der Waals surface area contributed by atoms with E-state index < -0.39 is 0 Å². The van der Waals surface area contributed by atoms with Crippen molar-refractivity contribution < 1.29 is 19.0 Å². The van der Waals surface area contributed by atoms with Gasteiger partial charge in [-0.2, -0.15) is 5.10 Å². The highest BCUT2D eigenvalue weighted by Crippen LogP contribution is 2.35. The van der Waals surface area contributed by atoms with Gasteiger partial charge in [0.15, 0.2) is 11.5 Å². The minimum absolute atomic E-state index is 0.324. The summed E-state index contributed by atoms with van der Waals surface area (Å²) in [7, 11) is 3.03. The molecule has 0 saturated heterocycles. The van der Waals surface area contributed by atoms with E-state index in [-0.39, 0.29) is 5.91 Å². The number of amides is 1. The maximum absolute atomic E-state index is 12.1. The Labute approximate surface area is 157 Å². The third-order valence-corrected chi connectivity index (χ3v) is 3.71. The Bertz CT molecular complexity index is 776. The lowest BCUT2D eigenvalue weighted by Crippen LogP contribution is -2.17. The molecule has 2 rings (SSSR count). The van der Waals surface area contributed by atoms with Crippen LogP contribution < -0.4 is 19.6 Å². The quantitative estimate of drug-likeness (QED) is 0.560. The average molecular weight is 377 g/mol. The van der Waals surface area contributed by atoms with Crippen LogP contribution >= 0.6 is 11.6 Å². The second-order valence-corrected chi connectivity index (χ2v) is 5.72. The first-order valence-electron chi connectivity index (χ1n) is 8.06. The topological polar surface area (TPSA) is 69.2 Å². The molecule has 0 bridgehead atoms. The first-order chi connectivity index (χ1) is 12.6. The van der Waals surface area contributed by atoms with E-state index in [0.717, 1.165) is 12.2 Å². The Morgan fingerprint density at radius 1 is 1.19 bits per heavy atom. The van der Waals surface area contributed by atoms with Crippen molar-refractivity contribution in [2.24, 2.45) is 5.10 Å². The molecule has 0 aromatic heterocycles. The predicted octanol–water partition coefficient (Wildman–Crippen LogP) is 3.91. The van der Waals surface area contributed by atoms with Crippen molar-refractivity contribution in [3.05, 3.63) is 52.5 Å². The normalized spacial score (nSPS) is 10.6. The molecule has 26 heavy (non-hydrogen) atoms. The lowest BCUT2D eigenvalue weighted by atomic mass is 10.2. The Hall–Kier alpha value is -2.73. The average Bonchev–Trinajstić information content (AvgIpc) is 2.66. The number of hydrogen-bond donors (Lipinski definition) is 1. The van der Waals surface area contributed by atoms with Crippen molar-refractivity contribution >= 4 is 23.7 Å². The summed E-state index contributed by atoms with van der Waals surface area (Å²) in [5.41, 5.74) is 3.62. The van der Waals surface area contributed by atoms with Crippen LogP contribution in [0.5, 0.6) is 17.2 Å². The van der Waals surface area contributed by atoms with Crippen molar-refractivity contribution in [3.8, 4) is 17.2 Å². The van der Waals surface area contributed by atoms with Crippen LogP contribution in [0, 0.1) is 0 Å². The minimum atomic E-state index is -0.324. The van der Waals surface area contributed by atoms with Gasteiger partial charge in [0.1, 0.15) is 5.75 Å². The van der Waals surface area contributed by atoms with Crippen LogP contribution in [0.3, 0.4) is 0 Å². The number of hydrazone groups is 1. The molecule has 0 fully saturated rings. The van der Waals surface area contributed by atoms with Gasteiger partial charge in [0.05, 0.1) is 32.1 Å². The second kappa shape index (κ2) is 9.68. The molecule has 0 aliphatic heterocycles. The summed E-state index contributed by atoms with van der Waals surface area (Å²) in [5.74, 6) is 1.33. The smallest absolute Gasteiger partial charge is 0.271 e. The molecule has 2 aromatic carbocycles. The van der Waals surface area contributed by atoms with Crippen LogP contribution in [0.4, 0.5) is 0 Å². The zero-order valence-electron chi connectivity index (χ0n) is 14.9. The molecule has 0 radical (unpaired) electrons. The molecule has 0 aliphatic rings. The summed E-state index contributed by atoms with van der Waals surface area (Å²) in [4.78, 5) is 12.1. The number of nitrogens with one attached hydrogen (secondary N) is 1. The summed E-state index contributed by atoms with van der Waals surface area (Å²) in [5, 5.41) is 4.34. The number of rotatable bonds is 8. The highest BCUT2D eigenvalue weighted by atomic mass is 35.5. The molecule has 0 atom stereocenters. The number of ether oxygens (including phenoxy) is 3. The van der Waals surface area contributed by atoms with Gasteiger partial charge in [-0.25, -0.2) is 5.43 Å². The number of carbonyl (C=O) groups excluding carboxylic acids is 1. The van der Waals surface area contributed by atoms with Crippen molar-refractivity contribution in [2.75, 3.05) is 20.8 Å². The van der Waals surface area contributed by atoms with Gasteiger partial charge in [0.25, 0.3) is 5.91 Å². The fourth-order valence-corrected chi connectivity index (χ4v) is 2.46. The van der Waals surface area contributed by atoms with Gasteiger partial charge in [-0.15, -0.1) is 0 Å². The van der Waals surface area contributed by atoms with E-state index in [2.05, 4.69) is 10.5 Å². The summed E-state index contributed by atoms with van der Waals surface area (Å²) in [6.45, 7) is 2.68. The highest BCUT2D eigenvalue weighted by Gasteiger charge is 2.10. The third-order valence-electron chi connectivity index (χ3n) is 3.42. The standard InChI is InChI=1S/C19H21ClN2O4/c1-4-9-26-15-7-5-14(6-8-15)19(23)22-21-12-13-10-16(20)18(25-3)17(11-13)24-2/h5-8,10-12H,4,9H2,1-3H3,(H,22,23)/b21-12+. The van der Waals surface area contributed by atoms with Crippen LogP contribution in [0.25, 0.3) is 0 Å². The second-order valence-electron chi connectivity index (χ2n) is 5.31. The number of benzene rings is 2. The SMILES string of the molecule is CCCOc1ccc(C(=O)N/N=C/c2cc(Cl)c(OC)c(OC)c2)cc1. The molecule has 1 amide bonds. The molecule has 6 nitrogen and oxygen atoms in total. The zero-order chi connectivity index (χ0) is 18.9. The van der Waals surface area contributed by atoms with E-state index in [1.807, 2.05) is 6.92 Å². The molecule has 7 heteroatoms. The van der Waals surface area contributed by atoms with Gasteiger partial charge < -0.3 is 14.2 Å². The highest BCUT2D eigenvalue weighted by molar-refractivity contribution is 6.32. The molecular formula is C19H21ClN2O4. The van der Waals surface area contributed by atoms with Crippen LogP contribution in [0.1, 0.15) is 29.3 Å². The van der Waals surface area contributed by atoms with Crippen LogP contribution in [-0.4, -0.2) is 32.9 Å². The predicted molar refractivity (Wildman–Crippen MR) is 102 cm³/mol. The number of methoxy groups -OCH3 is 2. The fraction of sp³-hybridized carbons (Fsp3) is 0.263. The zero-order valence-corrected chi connectivity index (χ0v) is 15.7. The maximum Gasteiger partial charge on any atom is 0.271 e. The van der Waals surface area contributed by atoms with Crippen molar-refractivity contribution in [1.82, 2.24) is 5.43 Å². The first-order valence-corrected chi connectivity index (χ1v) is 8.44. The van der Waals surface area contributed by atoms with Gasteiger partial charge >= 0.3 is 0 Å². The van der Waals surface area contributed by atoms with Crippen molar-refractivity contribution in [1.29, 1.82) is 0 Å². The summed E-state index contributed by atoms with van der Waals surface area (Å²) in [6.07, 6.45) is 2.40. The van der Waals surface area contributed by atoms with E-state index >= 15 is 0 Å². The monoisotopic (exact) mass is 376 g/mol. The Morgan fingerprint density at radius 3 is 2.54 bits per heavy atom. The number of halogens is 1. The van der Waals surface area contributed by atoms with E-state index in [1.54, 1.807) is 36.4 Å². The van der Waals surface area contributed by atoms with Crippen molar-refractivity contribution in [2.45, 2.75) is 13.3 Å². The largest absolute Gasteiger partial charge is 0.494 e. The Balaban J connectivity index is 2.01. The lowest BCUT2D eigenvalue weighted by Gasteiger charge is -2.09. The van der Waals surface area contributed by atoms with Crippen molar-refractivity contribution in [3.63, 3.8) is 0 Å². The summed E-state index contributed by atoms with van der Waals surface area (Å²) in [6, 6.07) is 10.2. The van der Waals surface area contributed by atoms with E-state index in [1.165, 1.54) is 20.4 Å². The molecule has 2 aromatic rings. The first kappa shape index (κ1) is 19.6. The fourth-order valence-electron chi connectivity index (χ4n) is 2.16.